The summed E-state index contributed by atoms with van der Waals surface area (Å²) < 4.78 is 1.05. The Morgan fingerprint density at radius 1 is 1.40 bits per heavy atom. The maximum Gasteiger partial charge on any atom is 0.0848 e. The molecule has 0 saturated carbocycles. The maximum atomic E-state index is 4.65. The first-order valence-corrected chi connectivity index (χ1v) is 5.71. The summed E-state index contributed by atoms with van der Waals surface area (Å²) >= 11 is 3.52. The van der Waals surface area contributed by atoms with Crippen molar-refractivity contribution in [3.05, 3.63) is 40.0 Å². The van der Waals surface area contributed by atoms with Crippen molar-refractivity contribution in [1.29, 1.82) is 0 Å². The third-order valence-electron chi connectivity index (χ3n) is 2.44. The van der Waals surface area contributed by atoms with Crippen molar-refractivity contribution >= 4 is 26.8 Å². The van der Waals surface area contributed by atoms with E-state index >= 15 is 0 Å². The highest BCUT2D eigenvalue weighted by Crippen LogP contribution is 2.23. The van der Waals surface area contributed by atoms with E-state index in [4.69, 9.17) is 0 Å². The highest BCUT2D eigenvalue weighted by atomic mass is 79.9. The van der Waals surface area contributed by atoms with Gasteiger partial charge in [-0.15, -0.1) is 0 Å². The topological polar surface area (TPSA) is 24.9 Å². The van der Waals surface area contributed by atoms with Gasteiger partial charge >= 0.3 is 0 Å². The molecule has 3 heteroatoms. The lowest BCUT2D eigenvalue weighted by Crippen LogP contribution is -2.08. The maximum absolute atomic E-state index is 4.65. The number of rotatable bonds is 2. The van der Waals surface area contributed by atoms with Gasteiger partial charge in [-0.2, -0.15) is 0 Å². The van der Waals surface area contributed by atoms with Gasteiger partial charge < -0.3 is 5.32 Å². The fourth-order valence-electron chi connectivity index (χ4n) is 1.65. The van der Waals surface area contributed by atoms with Crippen LogP contribution < -0.4 is 5.32 Å². The third kappa shape index (κ3) is 2.03. The molecule has 0 radical (unpaired) electrons. The number of halogens is 1. The number of pyridine rings is 1. The lowest BCUT2D eigenvalue weighted by atomic mass is 10.1. The molecule has 0 spiro atoms. The highest BCUT2D eigenvalue weighted by Gasteiger charge is 2.04. The number of hydrogen-bond acceptors (Lipinski definition) is 2. The van der Waals surface area contributed by atoms with Crippen LogP contribution in [0.1, 0.15) is 11.3 Å². The average Bonchev–Trinajstić information content (AvgIpc) is 2.21. The fraction of sp³-hybridized carbons (Fsp3) is 0.250. The first-order valence-electron chi connectivity index (χ1n) is 4.91. The summed E-state index contributed by atoms with van der Waals surface area (Å²) in [5.74, 6) is 0. The van der Waals surface area contributed by atoms with Crippen LogP contribution in [0.3, 0.4) is 0 Å². The molecule has 0 saturated heterocycles. The minimum Gasteiger partial charge on any atom is -0.314 e. The molecule has 1 aromatic heterocycles. The molecule has 0 aliphatic carbocycles. The second-order valence-electron chi connectivity index (χ2n) is 3.59. The predicted octanol–water partition coefficient (Wildman–Crippen LogP) is 3.03. The van der Waals surface area contributed by atoms with Crippen molar-refractivity contribution in [2.24, 2.45) is 0 Å². The van der Waals surface area contributed by atoms with E-state index in [-0.39, 0.29) is 0 Å². The molecule has 2 rings (SSSR count). The molecule has 1 heterocycles. The third-order valence-corrected chi connectivity index (χ3v) is 3.08. The molecule has 1 aromatic carbocycles. The Kier molecular flexibility index (Phi) is 3.03. The molecule has 78 valence electrons. The zero-order valence-electron chi connectivity index (χ0n) is 8.84. The van der Waals surface area contributed by atoms with Crippen LogP contribution in [0.25, 0.3) is 10.9 Å². The fourth-order valence-corrected chi connectivity index (χ4v) is 2.12. The standard InChI is InChI=1S/C12H13BrN2/c1-8-6-9-4-3-5-10(13)12(9)15-11(8)7-14-2/h3-6,14H,7H2,1-2H3. The zero-order chi connectivity index (χ0) is 10.8. The van der Waals surface area contributed by atoms with E-state index in [1.807, 2.05) is 19.2 Å². The summed E-state index contributed by atoms with van der Waals surface area (Å²) in [4.78, 5) is 4.65. The van der Waals surface area contributed by atoms with Gasteiger partial charge in [0.25, 0.3) is 0 Å². The van der Waals surface area contributed by atoms with Gasteiger partial charge in [0.05, 0.1) is 11.2 Å². The van der Waals surface area contributed by atoms with Crippen LogP contribution in [0.2, 0.25) is 0 Å². The lowest BCUT2D eigenvalue weighted by molar-refractivity contribution is 0.788. The highest BCUT2D eigenvalue weighted by molar-refractivity contribution is 9.10. The average molecular weight is 265 g/mol. The molecule has 0 amide bonds. The number of fused-ring (bicyclic) bond motifs is 1. The smallest absolute Gasteiger partial charge is 0.0848 e. The van der Waals surface area contributed by atoms with Crippen LogP contribution in [-0.4, -0.2) is 12.0 Å². The second-order valence-corrected chi connectivity index (χ2v) is 4.45. The number of nitrogens with one attached hydrogen (secondary N) is 1. The summed E-state index contributed by atoms with van der Waals surface area (Å²) in [5, 5.41) is 4.31. The van der Waals surface area contributed by atoms with Gasteiger partial charge in [-0.1, -0.05) is 12.1 Å². The van der Waals surface area contributed by atoms with E-state index in [0.29, 0.717) is 0 Å². The van der Waals surface area contributed by atoms with E-state index in [2.05, 4.69) is 45.3 Å². The molecular weight excluding hydrogens is 252 g/mol. The van der Waals surface area contributed by atoms with Crippen molar-refractivity contribution in [2.75, 3.05) is 7.05 Å². The first kappa shape index (κ1) is 10.6. The lowest BCUT2D eigenvalue weighted by Gasteiger charge is -2.07. The molecule has 0 fully saturated rings. The van der Waals surface area contributed by atoms with Crippen molar-refractivity contribution in [3.63, 3.8) is 0 Å². The quantitative estimate of drug-likeness (QED) is 0.902. The number of para-hydroxylation sites is 1. The molecule has 1 N–H and O–H groups in total. The molecule has 0 bridgehead atoms. The van der Waals surface area contributed by atoms with Gasteiger partial charge in [-0.05, 0) is 47.6 Å². The van der Waals surface area contributed by atoms with Crippen LogP contribution in [-0.2, 0) is 6.54 Å². The van der Waals surface area contributed by atoms with E-state index < -0.39 is 0 Å². The molecule has 2 nitrogen and oxygen atoms in total. The summed E-state index contributed by atoms with van der Waals surface area (Å²) in [6, 6.07) is 8.32. The first-order chi connectivity index (χ1) is 7.22. The van der Waals surface area contributed by atoms with Gasteiger partial charge in [-0.25, -0.2) is 0 Å². The van der Waals surface area contributed by atoms with Crippen molar-refractivity contribution in [2.45, 2.75) is 13.5 Å². The molecule has 0 aliphatic heterocycles. The van der Waals surface area contributed by atoms with Crippen molar-refractivity contribution in [1.82, 2.24) is 10.3 Å². The van der Waals surface area contributed by atoms with Crippen LogP contribution in [0.15, 0.2) is 28.7 Å². The van der Waals surface area contributed by atoms with E-state index in [9.17, 15) is 0 Å². The Hall–Kier alpha value is -0.930. The van der Waals surface area contributed by atoms with Crippen LogP contribution in [0, 0.1) is 6.92 Å². The van der Waals surface area contributed by atoms with Gasteiger partial charge in [0.15, 0.2) is 0 Å². The largest absolute Gasteiger partial charge is 0.314 e. The normalized spacial score (nSPS) is 10.9. The van der Waals surface area contributed by atoms with E-state index in [1.165, 1.54) is 10.9 Å². The Balaban J connectivity index is 2.66. The Bertz CT molecular complexity index is 494. The van der Waals surface area contributed by atoms with Gasteiger partial charge in [-0.3, -0.25) is 4.98 Å². The monoisotopic (exact) mass is 264 g/mol. The molecule has 0 aliphatic rings. The summed E-state index contributed by atoms with van der Waals surface area (Å²) in [6.45, 7) is 2.91. The van der Waals surface area contributed by atoms with Crippen molar-refractivity contribution in [3.8, 4) is 0 Å². The summed E-state index contributed by atoms with van der Waals surface area (Å²) in [7, 11) is 1.94. The number of aryl methyl sites for hydroxylation is 1. The second kappa shape index (κ2) is 4.29. The SMILES string of the molecule is CNCc1nc2c(Br)cccc2cc1C. The van der Waals surface area contributed by atoms with Gasteiger partial charge in [0.1, 0.15) is 0 Å². The Labute approximate surface area is 97.8 Å². The van der Waals surface area contributed by atoms with Gasteiger partial charge in [0, 0.05) is 16.4 Å². The Morgan fingerprint density at radius 2 is 2.20 bits per heavy atom. The molecular formula is C12H13BrN2. The number of aromatic nitrogens is 1. The minimum atomic E-state index is 0.809. The van der Waals surface area contributed by atoms with Crippen molar-refractivity contribution < 1.29 is 0 Å². The molecule has 0 atom stereocenters. The molecule has 15 heavy (non-hydrogen) atoms. The molecule has 2 aromatic rings. The Morgan fingerprint density at radius 3 is 2.93 bits per heavy atom. The van der Waals surface area contributed by atoms with Crippen LogP contribution in [0.4, 0.5) is 0 Å². The van der Waals surface area contributed by atoms with Crippen LogP contribution >= 0.6 is 15.9 Å². The minimum absolute atomic E-state index is 0.809. The summed E-state index contributed by atoms with van der Waals surface area (Å²) in [6.07, 6.45) is 0. The van der Waals surface area contributed by atoms with Crippen LogP contribution in [0.5, 0.6) is 0 Å². The van der Waals surface area contributed by atoms with E-state index in [1.54, 1.807) is 0 Å². The van der Waals surface area contributed by atoms with Gasteiger partial charge in [0.2, 0.25) is 0 Å². The number of nitrogens with zero attached hydrogens (tertiary/aromatic N) is 1. The number of benzene rings is 1. The van der Waals surface area contributed by atoms with E-state index in [0.717, 1.165) is 22.2 Å². The predicted molar refractivity (Wildman–Crippen MR) is 66.9 cm³/mol. The zero-order valence-corrected chi connectivity index (χ0v) is 10.4. The summed E-state index contributed by atoms with van der Waals surface area (Å²) in [5.41, 5.74) is 3.38. The molecule has 0 unspecified atom stereocenters. The number of hydrogen-bond donors (Lipinski definition) is 1.